The van der Waals surface area contributed by atoms with Crippen LogP contribution >= 0.6 is 0 Å². The average Bonchev–Trinajstić information content (AvgIpc) is 3.37. The summed E-state index contributed by atoms with van der Waals surface area (Å²) < 4.78 is 11.5. The van der Waals surface area contributed by atoms with Crippen molar-refractivity contribution in [3.63, 3.8) is 0 Å². The molecule has 1 saturated heterocycles. The van der Waals surface area contributed by atoms with E-state index in [9.17, 15) is 0 Å². The summed E-state index contributed by atoms with van der Waals surface area (Å²) in [6.45, 7) is 4.20. The van der Waals surface area contributed by atoms with Crippen LogP contribution in [0.1, 0.15) is 19.3 Å². The fraction of sp³-hybridized carbons (Fsp3) is 0.400. The molecule has 142 valence electrons. The Balaban J connectivity index is 1.43. The number of ether oxygens (including phenoxy) is 2. The van der Waals surface area contributed by atoms with Crippen molar-refractivity contribution < 1.29 is 9.47 Å². The van der Waals surface area contributed by atoms with E-state index in [1.165, 1.54) is 25.9 Å². The van der Waals surface area contributed by atoms with Gasteiger partial charge in [0.2, 0.25) is 0 Å². The third-order valence-electron chi connectivity index (χ3n) is 4.87. The lowest BCUT2D eigenvalue weighted by molar-refractivity contribution is 0.254. The number of H-pyrrole nitrogens is 1. The minimum atomic E-state index is 0.672. The molecule has 3 aromatic rings. The standard InChI is InChI=1S/C20H25N5O2/c1-26-18-6-5-15(23-20-16-14-22-24-17(16)7-8-21-20)13-19(18)27-12-4-11-25-9-2-3-10-25/h5-8,13-14H,2-4,9-12H2,1H3,(H,21,23)(H,22,24). The lowest BCUT2D eigenvalue weighted by Gasteiger charge is -2.16. The molecule has 0 saturated carbocycles. The van der Waals surface area contributed by atoms with Crippen LogP contribution in [-0.2, 0) is 0 Å². The highest BCUT2D eigenvalue weighted by Gasteiger charge is 2.12. The van der Waals surface area contributed by atoms with Crippen LogP contribution in [0, 0.1) is 0 Å². The first-order chi connectivity index (χ1) is 13.3. The highest BCUT2D eigenvalue weighted by atomic mass is 16.5. The Kier molecular flexibility index (Phi) is 5.39. The van der Waals surface area contributed by atoms with Crippen molar-refractivity contribution in [1.29, 1.82) is 0 Å². The first kappa shape index (κ1) is 17.6. The van der Waals surface area contributed by atoms with Crippen molar-refractivity contribution in [1.82, 2.24) is 20.1 Å². The van der Waals surface area contributed by atoms with Crippen LogP contribution in [0.2, 0.25) is 0 Å². The highest BCUT2D eigenvalue weighted by molar-refractivity contribution is 5.90. The molecule has 27 heavy (non-hydrogen) atoms. The van der Waals surface area contributed by atoms with E-state index in [4.69, 9.17) is 9.47 Å². The summed E-state index contributed by atoms with van der Waals surface area (Å²) in [6, 6.07) is 7.72. The number of benzene rings is 1. The van der Waals surface area contributed by atoms with Crippen LogP contribution in [-0.4, -0.2) is 53.4 Å². The topological polar surface area (TPSA) is 75.3 Å². The number of likely N-dealkylation sites (tertiary alicyclic amines) is 1. The Hall–Kier alpha value is -2.80. The van der Waals surface area contributed by atoms with E-state index in [1.807, 2.05) is 24.3 Å². The van der Waals surface area contributed by atoms with Gasteiger partial charge in [0.1, 0.15) is 5.82 Å². The fourth-order valence-corrected chi connectivity index (χ4v) is 3.45. The normalized spacial score (nSPS) is 14.6. The van der Waals surface area contributed by atoms with Gasteiger partial charge in [0.05, 0.1) is 30.8 Å². The van der Waals surface area contributed by atoms with Gasteiger partial charge in [-0.15, -0.1) is 0 Å². The van der Waals surface area contributed by atoms with Crippen LogP contribution in [0.25, 0.3) is 10.9 Å². The predicted molar refractivity (Wildman–Crippen MR) is 106 cm³/mol. The molecule has 0 radical (unpaired) electrons. The minimum absolute atomic E-state index is 0.672. The zero-order valence-electron chi connectivity index (χ0n) is 15.6. The monoisotopic (exact) mass is 367 g/mol. The predicted octanol–water partition coefficient (Wildman–Crippen LogP) is 3.57. The summed E-state index contributed by atoms with van der Waals surface area (Å²) in [5, 5.41) is 11.3. The van der Waals surface area contributed by atoms with Gasteiger partial charge in [0, 0.05) is 24.5 Å². The molecule has 0 amide bonds. The van der Waals surface area contributed by atoms with E-state index in [2.05, 4.69) is 25.4 Å². The second-order valence-electron chi connectivity index (χ2n) is 6.73. The number of pyridine rings is 1. The van der Waals surface area contributed by atoms with Crippen molar-refractivity contribution in [2.75, 3.05) is 38.7 Å². The van der Waals surface area contributed by atoms with Gasteiger partial charge < -0.3 is 19.7 Å². The molecular weight excluding hydrogens is 342 g/mol. The molecule has 2 N–H and O–H groups in total. The van der Waals surface area contributed by atoms with Gasteiger partial charge in [-0.2, -0.15) is 5.10 Å². The SMILES string of the molecule is COc1ccc(Nc2nccc3[nH]ncc23)cc1OCCCN1CCCC1. The van der Waals surface area contributed by atoms with E-state index >= 15 is 0 Å². The molecule has 0 spiro atoms. The Morgan fingerprint density at radius 2 is 2.07 bits per heavy atom. The Morgan fingerprint density at radius 3 is 2.93 bits per heavy atom. The van der Waals surface area contributed by atoms with E-state index in [0.717, 1.165) is 46.9 Å². The van der Waals surface area contributed by atoms with Crippen molar-refractivity contribution in [3.05, 3.63) is 36.7 Å². The molecule has 7 heteroatoms. The maximum Gasteiger partial charge on any atom is 0.163 e. The fourth-order valence-electron chi connectivity index (χ4n) is 3.45. The van der Waals surface area contributed by atoms with E-state index in [0.29, 0.717) is 6.61 Å². The van der Waals surface area contributed by atoms with Gasteiger partial charge in [0.25, 0.3) is 0 Å². The molecular formula is C20H25N5O2. The second-order valence-corrected chi connectivity index (χ2v) is 6.73. The quantitative estimate of drug-likeness (QED) is 0.593. The number of aromatic amines is 1. The Labute approximate surface area is 158 Å². The van der Waals surface area contributed by atoms with Crippen molar-refractivity contribution in [2.24, 2.45) is 0 Å². The van der Waals surface area contributed by atoms with Crippen molar-refractivity contribution in [2.45, 2.75) is 19.3 Å². The maximum atomic E-state index is 6.01. The molecule has 1 fully saturated rings. The molecule has 3 heterocycles. The summed E-state index contributed by atoms with van der Waals surface area (Å²) in [6.07, 6.45) is 7.17. The van der Waals surface area contributed by atoms with Crippen LogP contribution in [0.3, 0.4) is 0 Å². The maximum absolute atomic E-state index is 6.01. The largest absolute Gasteiger partial charge is 0.493 e. The number of anilines is 2. The summed E-state index contributed by atoms with van der Waals surface area (Å²) in [5.41, 5.74) is 1.84. The van der Waals surface area contributed by atoms with Crippen LogP contribution < -0.4 is 14.8 Å². The lowest BCUT2D eigenvalue weighted by Crippen LogP contribution is -2.21. The molecule has 1 aromatic carbocycles. The smallest absolute Gasteiger partial charge is 0.163 e. The number of hydrogen-bond acceptors (Lipinski definition) is 6. The molecule has 1 aliphatic rings. The number of rotatable bonds is 8. The highest BCUT2D eigenvalue weighted by Crippen LogP contribution is 2.32. The Morgan fingerprint density at radius 1 is 1.19 bits per heavy atom. The summed E-state index contributed by atoms with van der Waals surface area (Å²) >= 11 is 0. The molecule has 0 atom stereocenters. The molecule has 4 rings (SSSR count). The van der Waals surface area contributed by atoms with Crippen molar-refractivity contribution in [3.8, 4) is 11.5 Å². The molecule has 2 aromatic heterocycles. The lowest BCUT2D eigenvalue weighted by atomic mass is 10.2. The minimum Gasteiger partial charge on any atom is -0.493 e. The van der Waals surface area contributed by atoms with Gasteiger partial charge >= 0.3 is 0 Å². The molecule has 0 unspecified atom stereocenters. The third kappa shape index (κ3) is 4.14. The zero-order chi connectivity index (χ0) is 18.5. The van der Waals surface area contributed by atoms with Gasteiger partial charge in [-0.25, -0.2) is 4.98 Å². The third-order valence-corrected chi connectivity index (χ3v) is 4.87. The molecule has 0 aliphatic carbocycles. The first-order valence-corrected chi connectivity index (χ1v) is 9.42. The number of fused-ring (bicyclic) bond motifs is 1. The van der Waals surface area contributed by atoms with Gasteiger partial charge in [-0.05, 0) is 50.6 Å². The van der Waals surface area contributed by atoms with Gasteiger partial charge in [0.15, 0.2) is 11.5 Å². The summed E-state index contributed by atoms with van der Waals surface area (Å²) in [5.74, 6) is 2.23. The molecule has 1 aliphatic heterocycles. The number of hydrogen-bond donors (Lipinski definition) is 2. The summed E-state index contributed by atoms with van der Waals surface area (Å²) in [7, 11) is 1.66. The zero-order valence-corrected chi connectivity index (χ0v) is 15.6. The van der Waals surface area contributed by atoms with Crippen LogP contribution in [0.15, 0.2) is 36.7 Å². The molecule has 7 nitrogen and oxygen atoms in total. The van der Waals surface area contributed by atoms with Gasteiger partial charge in [-0.1, -0.05) is 0 Å². The van der Waals surface area contributed by atoms with E-state index < -0.39 is 0 Å². The van der Waals surface area contributed by atoms with Crippen LogP contribution in [0.4, 0.5) is 11.5 Å². The van der Waals surface area contributed by atoms with E-state index in [-0.39, 0.29) is 0 Å². The number of nitrogens with one attached hydrogen (secondary N) is 2. The van der Waals surface area contributed by atoms with Crippen LogP contribution in [0.5, 0.6) is 11.5 Å². The average molecular weight is 367 g/mol. The van der Waals surface area contributed by atoms with Gasteiger partial charge in [-0.3, -0.25) is 5.10 Å². The Bertz CT molecular complexity index is 889. The number of nitrogens with zero attached hydrogens (tertiary/aromatic N) is 3. The van der Waals surface area contributed by atoms with E-state index in [1.54, 1.807) is 19.5 Å². The number of methoxy groups -OCH3 is 1. The second kappa shape index (κ2) is 8.26. The summed E-state index contributed by atoms with van der Waals surface area (Å²) in [4.78, 5) is 6.91. The van der Waals surface area contributed by atoms with Crippen molar-refractivity contribution >= 4 is 22.4 Å². The number of aromatic nitrogens is 3. The first-order valence-electron chi connectivity index (χ1n) is 9.42. The molecule has 0 bridgehead atoms.